The maximum atomic E-state index is 5.54. The average molecular weight is 234 g/mol. The van der Waals surface area contributed by atoms with Crippen molar-refractivity contribution < 1.29 is 0 Å². The molecule has 0 bridgehead atoms. The van der Waals surface area contributed by atoms with Crippen molar-refractivity contribution in [2.75, 3.05) is 18.0 Å². The first-order chi connectivity index (χ1) is 8.22. The molecule has 0 fully saturated rings. The number of nitrogens with one attached hydrogen (secondary N) is 1. The summed E-state index contributed by atoms with van der Waals surface area (Å²) in [6.07, 6.45) is 1.01. The van der Waals surface area contributed by atoms with Crippen LogP contribution in [0.5, 0.6) is 0 Å². The molecule has 0 aromatic heterocycles. The topological polar surface area (TPSA) is 53.6 Å². The Morgan fingerprint density at radius 2 is 2.18 bits per heavy atom. The Morgan fingerprint density at radius 3 is 2.71 bits per heavy atom. The van der Waals surface area contributed by atoms with E-state index in [-0.39, 0.29) is 0 Å². The van der Waals surface area contributed by atoms with Crippen LogP contribution >= 0.6 is 0 Å². The summed E-state index contributed by atoms with van der Waals surface area (Å²) in [5.41, 5.74) is 5.02. The van der Waals surface area contributed by atoms with Crippen LogP contribution in [0, 0.1) is 6.92 Å². The van der Waals surface area contributed by atoms with Crippen LogP contribution < -0.4 is 16.2 Å². The zero-order valence-corrected chi connectivity index (χ0v) is 10.9. The third kappa shape index (κ3) is 3.75. The quantitative estimate of drug-likeness (QED) is 0.363. The van der Waals surface area contributed by atoms with Gasteiger partial charge in [-0.15, -0.1) is 0 Å². The lowest BCUT2D eigenvalue weighted by Crippen LogP contribution is -2.45. The predicted molar refractivity (Wildman–Crippen MR) is 74.1 cm³/mol. The fourth-order valence-electron chi connectivity index (χ4n) is 1.68. The molecular weight excluding hydrogens is 212 g/mol. The lowest BCUT2D eigenvalue weighted by atomic mass is 10.2. The average Bonchev–Trinajstić information content (AvgIpc) is 2.34. The van der Waals surface area contributed by atoms with Crippen molar-refractivity contribution >= 4 is 11.6 Å². The standard InChI is InChI=1S/C13H22N4/c1-4-9-15-13(16-14)17(5-2)12-8-6-7-11(3)10-12/h6-8,10H,4-5,9,14H2,1-3H3,(H,15,16). The summed E-state index contributed by atoms with van der Waals surface area (Å²) in [6.45, 7) is 7.87. The Morgan fingerprint density at radius 1 is 1.41 bits per heavy atom. The van der Waals surface area contributed by atoms with E-state index in [4.69, 9.17) is 5.84 Å². The third-order valence-corrected chi connectivity index (χ3v) is 2.50. The fourth-order valence-corrected chi connectivity index (χ4v) is 1.68. The van der Waals surface area contributed by atoms with E-state index in [0.717, 1.165) is 31.2 Å². The third-order valence-electron chi connectivity index (χ3n) is 2.50. The summed E-state index contributed by atoms with van der Waals surface area (Å²) in [5, 5.41) is 0. The Kier molecular flexibility index (Phi) is 5.49. The molecule has 0 aliphatic heterocycles. The van der Waals surface area contributed by atoms with Crippen molar-refractivity contribution in [2.45, 2.75) is 27.2 Å². The molecule has 0 saturated heterocycles. The largest absolute Gasteiger partial charge is 0.312 e. The molecule has 94 valence electrons. The van der Waals surface area contributed by atoms with Crippen LogP contribution in [0.2, 0.25) is 0 Å². The Labute approximate surface area is 104 Å². The molecule has 0 atom stereocenters. The summed E-state index contributed by atoms with van der Waals surface area (Å²) < 4.78 is 0. The van der Waals surface area contributed by atoms with Gasteiger partial charge in [-0.05, 0) is 38.0 Å². The molecule has 0 saturated carbocycles. The van der Waals surface area contributed by atoms with Crippen molar-refractivity contribution in [3.63, 3.8) is 0 Å². The molecule has 0 heterocycles. The van der Waals surface area contributed by atoms with Crippen LogP contribution in [0.1, 0.15) is 25.8 Å². The van der Waals surface area contributed by atoms with E-state index in [1.54, 1.807) is 0 Å². The molecule has 4 heteroatoms. The van der Waals surface area contributed by atoms with Crippen LogP contribution in [0.3, 0.4) is 0 Å². The molecule has 1 rings (SSSR count). The Balaban J connectivity index is 2.96. The van der Waals surface area contributed by atoms with Crippen LogP contribution in [-0.4, -0.2) is 19.0 Å². The van der Waals surface area contributed by atoms with Crippen LogP contribution in [0.4, 0.5) is 5.69 Å². The van der Waals surface area contributed by atoms with Crippen molar-refractivity contribution in [2.24, 2.45) is 10.8 Å². The van der Waals surface area contributed by atoms with Gasteiger partial charge in [0.05, 0.1) is 0 Å². The zero-order chi connectivity index (χ0) is 12.7. The highest BCUT2D eigenvalue weighted by atomic mass is 15.4. The van der Waals surface area contributed by atoms with Gasteiger partial charge < -0.3 is 4.90 Å². The van der Waals surface area contributed by atoms with Gasteiger partial charge in [0.15, 0.2) is 0 Å². The van der Waals surface area contributed by atoms with Crippen LogP contribution in [0.15, 0.2) is 29.3 Å². The number of aliphatic imine (C=N–C) groups is 1. The van der Waals surface area contributed by atoms with Gasteiger partial charge >= 0.3 is 0 Å². The molecule has 1 aromatic carbocycles. The first-order valence-corrected chi connectivity index (χ1v) is 6.08. The van der Waals surface area contributed by atoms with Gasteiger partial charge in [-0.2, -0.15) is 0 Å². The van der Waals surface area contributed by atoms with E-state index in [9.17, 15) is 0 Å². The van der Waals surface area contributed by atoms with Crippen LogP contribution in [-0.2, 0) is 0 Å². The monoisotopic (exact) mass is 234 g/mol. The molecule has 3 N–H and O–H groups in total. The normalized spacial score (nSPS) is 11.4. The minimum atomic E-state index is 0.722. The number of guanidine groups is 1. The molecule has 0 amide bonds. The highest BCUT2D eigenvalue weighted by Gasteiger charge is 2.10. The molecule has 1 aromatic rings. The van der Waals surface area contributed by atoms with Crippen molar-refractivity contribution in [1.82, 2.24) is 5.43 Å². The predicted octanol–water partition coefficient (Wildman–Crippen LogP) is 2.05. The smallest absolute Gasteiger partial charge is 0.212 e. The fraction of sp³-hybridized carbons (Fsp3) is 0.462. The molecular formula is C13H22N4. The molecule has 0 aliphatic carbocycles. The van der Waals surface area contributed by atoms with Gasteiger partial charge in [0.2, 0.25) is 5.96 Å². The summed E-state index contributed by atoms with van der Waals surface area (Å²) in [6, 6.07) is 8.31. The second kappa shape index (κ2) is 6.91. The van der Waals surface area contributed by atoms with E-state index in [1.165, 1.54) is 5.56 Å². The maximum Gasteiger partial charge on any atom is 0.212 e. The van der Waals surface area contributed by atoms with Gasteiger partial charge in [0, 0.05) is 18.8 Å². The number of nitrogens with two attached hydrogens (primary N) is 1. The number of hydrazine groups is 1. The van der Waals surface area contributed by atoms with E-state index in [2.05, 4.69) is 54.3 Å². The summed E-state index contributed by atoms with van der Waals surface area (Å²) in [4.78, 5) is 6.52. The number of aryl methyl sites for hydroxylation is 1. The first-order valence-electron chi connectivity index (χ1n) is 6.08. The lowest BCUT2D eigenvalue weighted by molar-refractivity contribution is 0.872. The number of benzene rings is 1. The van der Waals surface area contributed by atoms with Crippen molar-refractivity contribution in [1.29, 1.82) is 0 Å². The molecule has 0 unspecified atom stereocenters. The van der Waals surface area contributed by atoms with E-state index < -0.39 is 0 Å². The Hall–Kier alpha value is -1.55. The summed E-state index contributed by atoms with van der Waals surface area (Å²) in [7, 11) is 0. The summed E-state index contributed by atoms with van der Waals surface area (Å²) >= 11 is 0. The maximum absolute atomic E-state index is 5.54. The van der Waals surface area contributed by atoms with E-state index in [1.807, 2.05) is 6.07 Å². The Bertz CT molecular complexity index is 373. The SMILES string of the molecule is CCCN=C(NN)N(CC)c1cccc(C)c1. The van der Waals surface area contributed by atoms with Gasteiger partial charge in [-0.25, -0.2) is 5.84 Å². The van der Waals surface area contributed by atoms with Gasteiger partial charge in [-0.3, -0.25) is 10.4 Å². The van der Waals surface area contributed by atoms with Crippen LogP contribution in [0.25, 0.3) is 0 Å². The van der Waals surface area contributed by atoms with Gasteiger partial charge in [-0.1, -0.05) is 19.1 Å². The van der Waals surface area contributed by atoms with Gasteiger partial charge in [0.1, 0.15) is 0 Å². The molecule has 0 radical (unpaired) electrons. The second-order valence-electron chi connectivity index (χ2n) is 3.93. The number of hydrogen-bond acceptors (Lipinski definition) is 2. The van der Waals surface area contributed by atoms with Gasteiger partial charge in [0.25, 0.3) is 0 Å². The zero-order valence-electron chi connectivity index (χ0n) is 10.9. The van der Waals surface area contributed by atoms with Crippen molar-refractivity contribution in [3.05, 3.63) is 29.8 Å². The minimum absolute atomic E-state index is 0.722. The number of anilines is 1. The molecule has 0 aliphatic rings. The molecule has 0 spiro atoms. The summed E-state index contributed by atoms with van der Waals surface area (Å²) in [5.74, 6) is 6.27. The number of nitrogens with zero attached hydrogens (tertiary/aromatic N) is 2. The molecule has 4 nitrogen and oxygen atoms in total. The minimum Gasteiger partial charge on any atom is -0.312 e. The van der Waals surface area contributed by atoms with Crippen molar-refractivity contribution in [3.8, 4) is 0 Å². The second-order valence-corrected chi connectivity index (χ2v) is 3.93. The first kappa shape index (κ1) is 13.5. The van der Waals surface area contributed by atoms with E-state index in [0.29, 0.717) is 0 Å². The highest BCUT2D eigenvalue weighted by Crippen LogP contribution is 2.15. The number of rotatable bonds is 4. The number of hydrogen-bond donors (Lipinski definition) is 2. The lowest BCUT2D eigenvalue weighted by Gasteiger charge is -2.24. The molecule has 17 heavy (non-hydrogen) atoms. The van der Waals surface area contributed by atoms with E-state index >= 15 is 0 Å². The highest BCUT2D eigenvalue weighted by molar-refractivity contribution is 5.95.